The van der Waals surface area contributed by atoms with E-state index in [1.54, 1.807) is 6.92 Å². The van der Waals surface area contributed by atoms with Crippen molar-refractivity contribution in [2.75, 3.05) is 11.6 Å². The molecule has 0 radical (unpaired) electrons. The van der Waals surface area contributed by atoms with Crippen molar-refractivity contribution in [3.63, 3.8) is 0 Å². The first kappa shape index (κ1) is 17.8. The number of non-ortho nitro benzene ring substituents is 1. The van der Waals surface area contributed by atoms with Crippen LogP contribution < -0.4 is 5.01 Å². The molecule has 2 rings (SSSR count). The maximum Gasteiger partial charge on any atom is 0.269 e. The van der Waals surface area contributed by atoms with Gasteiger partial charge in [-0.3, -0.25) is 19.9 Å². The van der Waals surface area contributed by atoms with Crippen LogP contribution in [0.25, 0.3) is 0 Å². The molecule has 128 valence electrons. The summed E-state index contributed by atoms with van der Waals surface area (Å²) in [7, 11) is 0. The molecular weight excluding hydrogens is 308 g/mol. The number of anilines is 1. The third-order valence-electron chi connectivity index (χ3n) is 3.92. The van der Waals surface area contributed by atoms with Crippen LogP contribution in [-0.2, 0) is 4.79 Å². The van der Waals surface area contributed by atoms with Crippen LogP contribution in [0.5, 0.6) is 0 Å². The van der Waals surface area contributed by atoms with Crippen molar-refractivity contribution in [1.82, 2.24) is 0 Å². The summed E-state index contributed by atoms with van der Waals surface area (Å²) in [6, 6.07) is 5.79. The Morgan fingerprint density at radius 3 is 2.54 bits per heavy atom. The summed E-state index contributed by atoms with van der Waals surface area (Å²) in [5, 5.41) is 16.3. The second-order valence-electron chi connectivity index (χ2n) is 6.30. The number of carbonyl (C=O) groups excluding carboxylic acids is 1. The molecule has 1 aromatic rings. The second-order valence-corrected chi connectivity index (χ2v) is 6.30. The van der Waals surface area contributed by atoms with Crippen molar-refractivity contribution in [1.29, 1.82) is 0 Å². The standard InChI is InChI=1S/C17H22N4O3/c1-11(2)9-10-18-12(3)16-13(4)19-20(17(16)22)14-5-7-15(8-6-14)21(23)24/h5-8,11,16H,9-10H2,1-4H3/t16-/m1/s1. The Balaban J connectivity index is 2.16. The summed E-state index contributed by atoms with van der Waals surface area (Å²) in [4.78, 5) is 27.4. The van der Waals surface area contributed by atoms with Gasteiger partial charge in [-0.05, 0) is 38.3 Å². The zero-order valence-electron chi connectivity index (χ0n) is 14.4. The minimum atomic E-state index is -0.474. The minimum Gasteiger partial charge on any atom is -0.293 e. The zero-order chi connectivity index (χ0) is 17.9. The Kier molecular flexibility index (Phi) is 5.43. The van der Waals surface area contributed by atoms with E-state index in [0.717, 1.165) is 12.1 Å². The number of aliphatic imine (C=N–C) groups is 1. The molecule has 0 saturated carbocycles. The van der Waals surface area contributed by atoms with Crippen LogP contribution >= 0.6 is 0 Å². The number of hydrogen-bond donors (Lipinski definition) is 0. The lowest BCUT2D eigenvalue weighted by atomic mass is 9.99. The predicted octanol–water partition coefficient (Wildman–Crippen LogP) is 3.44. The van der Waals surface area contributed by atoms with Gasteiger partial charge in [-0.1, -0.05) is 13.8 Å². The summed E-state index contributed by atoms with van der Waals surface area (Å²) >= 11 is 0. The molecule has 1 atom stereocenters. The average Bonchev–Trinajstić information content (AvgIpc) is 2.81. The first-order valence-electron chi connectivity index (χ1n) is 7.95. The molecule has 0 spiro atoms. The Bertz CT molecular complexity index is 692. The highest BCUT2D eigenvalue weighted by atomic mass is 16.6. The second kappa shape index (κ2) is 7.33. The fraction of sp³-hybridized carbons (Fsp3) is 0.471. The maximum absolute atomic E-state index is 12.7. The number of nitrogens with zero attached hydrogens (tertiary/aromatic N) is 4. The molecule has 0 N–H and O–H groups in total. The lowest BCUT2D eigenvalue weighted by molar-refractivity contribution is -0.384. The Morgan fingerprint density at radius 2 is 2.00 bits per heavy atom. The van der Waals surface area contributed by atoms with Gasteiger partial charge >= 0.3 is 0 Å². The number of hydrogen-bond acceptors (Lipinski definition) is 5. The summed E-state index contributed by atoms with van der Waals surface area (Å²) in [6.07, 6.45) is 0.973. The first-order valence-corrected chi connectivity index (χ1v) is 7.95. The molecule has 1 aliphatic rings. The minimum absolute atomic E-state index is 0.0194. The van der Waals surface area contributed by atoms with Crippen LogP contribution in [0.15, 0.2) is 34.4 Å². The van der Waals surface area contributed by atoms with Crippen molar-refractivity contribution in [3.05, 3.63) is 34.4 Å². The van der Waals surface area contributed by atoms with Gasteiger partial charge < -0.3 is 0 Å². The van der Waals surface area contributed by atoms with Gasteiger partial charge in [0.15, 0.2) is 0 Å². The molecule has 0 saturated heterocycles. The van der Waals surface area contributed by atoms with E-state index in [0.29, 0.717) is 23.9 Å². The quantitative estimate of drug-likeness (QED) is 0.454. The average molecular weight is 330 g/mol. The number of hydrazone groups is 1. The number of nitro benzene ring substituents is 1. The van der Waals surface area contributed by atoms with Crippen molar-refractivity contribution in [2.45, 2.75) is 34.1 Å². The van der Waals surface area contributed by atoms with Gasteiger partial charge in [0, 0.05) is 24.4 Å². The van der Waals surface area contributed by atoms with Gasteiger partial charge in [-0.2, -0.15) is 10.1 Å². The Labute approximate surface area is 141 Å². The maximum atomic E-state index is 12.7. The van der Waals surface area contributed by atoms with Crippen molar-refractivity contribution in [2.24, 2.45) is 21.9 Å². The van der Waals surface area contributed by atoms with Crippen LogP contribution in [0.1, 0.15) is 34.1 Å². The molecule has 1 amide bonds. The summed E-state index contributed by atoms with van der Waals surface area (Å²) in [6.45, 7) is 8.61. The van der Waals surface area contributed by atoms with Crippen molar-refractivity contribution >= 4 is 28.7 Å². The van der Waals surface area contributed by atoms with E-state index in [9.17, 15) is 14.9 Å². The molecule has 7 nitrogen and oxygen atoms in total. The lowest BCUT2D eigenvalue weighted by Crippen LogP contribution is -2.31. The third-order valence-corrected chi connectivity index (χ3v) is 3.92. The monoisotopic (exact) mass is 330 g/mol. The Hall–Kier alpha value is -2.57. The molecule has 24 heavy (non-hydrogen) atoms. The molecule has 0 aromatic heterocycles. The number of nitro groups is 1. The van der Waals surface area contributed by atoms with Gasteiger partial charge in [-0.25, -0.2) is 0 Å². The van der Waals surface area contributed by atoms with Crippen LogP contribution in [0.2, 0.25) is 0 Å². The fourth-order valence-corrected chi connectivity index (χ4v) is 2.54. The van der Waals surface area contributed by atoms with Crippen LogP contribution in [-0.4, -0.2) is 28.8 Å². The van der Waals surface area contributed by atoms with E-state index < -0.39 is 10.8 Å². The normalized spacial score (nSPS) is 18.3. The molecule has 0 bridgehead atoms. The van der Waals surface area contributed by atoms with Gasteiger partial charge in [0.1, 0.15) is 5.92 Å². The van der Waals surface area contributed by atoms with Gasteiger partial charge in [0.05, 0.1) is 16.3 Å². The number of benzene rings is 1. The van der Waals surface area contributed by atoms with E-state index in [-0.39, 0.29) is 11.6 Å². The zero-order valence-corrected chi connectivity index (χ0v) is 14.4. The van der Waals surface area contributed by atoms with Crippen LogP contribution in [0.4, 0.5) is 11.4 Å². The van der Waals surface area contributed by atoms with Crippen molar-refractivity contribution in [3.8, 4) is 0 Å². The smallest absolute Gasteiger partial charge is 0.269 e. The first-order chi connectivity index (χ1) is 11.3. The van der Waals surface area contributed by atoms with E-state index in [4.69, 9.17) is 0 Å². The highest BCUT2D eigenvalue weighted by molar-refractivity contribution is 6.27. The molecule has 1 aliphatic heterocycles. The number of amides is 1. The van der Waals surface area contributed by atoms with E-state index in [1.165, 1.54) is 29.3 Å². The van der Waals surface area contributed by atoms with Crippen LogP contribution in [0.3, 0.4) is 0 Å². The van der Waals surface area contributed by atoms with E-state index in [1.807, 2.05) is 6.92 Å². The molecule has 0 aliphatic carbocycles. The summed E-state index contributed by atoms with van der Waals surface area (Å²) in [5.41, 5.74) is 1.94. The Morgan fingerprint density at radius 1 is 1.38 bits per heavy atom. The number of carbonyl (C=O) groups is 1. The summed E-state index contributed by atoms with van der Waals surface area (Å²) < 4.78 is 0. The largest absolute Gasteiger partial charge is 0.293 e. The molecular formula is C17H22N4O3. The molecule has 1 heterocycles. The highest BCUT2D eigenvalue weighted by Crippen LogP contribution is 2.26. The third kappa shape index (κ3) is 3.84. The number of rotatable bonds is 6. The molecule has 0 unspecified atom stereocenters. The van der Waals surface area contributed by atoms with E-state index in [2.05, 4.69) is 23.9 Å². The topological polar surface area (TPSA) is 88.2 Å². The molecule has 0 fully saturated rings. The van der Waals surface area contributed by atoms with Crippen molar-refractivity contribution < 1.29 is 9.72 Å². The van der Waals surface area contributed by atoms with Crippen LogP contribution in [0, 0.1) is 22.0 Å². The predicted molar refractivity (Wildman–Crippen MR) is 94.6 cm³/mol. The SMILES string of the molecule is CC(=NCCC(C)C)[C@H]1C(=O)N(c2ccc([N+](=O)[O-])cc2)N=C1C. The summed E-state index contributed by atoms with van der Waals surface area (Å²) in [5.74, 6) is -0.0632. The highest BCUT2D eigenvalue weighted by Gasteiger charge is 2.36. The van der Waals surface area contributed by atoms with Gasteiger partial charge in [-0.15, -0.1) is 0 Å². The molecule has 1 aromatic carbocycles. The fourth-order valence-electron chi connectivity index (χ4n) is 2.54. The van der Waals surface area contributed by atoms with Gasteiger partial charge in [0.2, 0.25) is 0 Å². The van der Waals surface area contributed by atoms with Gasteiger partial charge in [0.25, 0.3) is 11.6 Å². The van der Waals surface area contributed by atoms with E-state index >= 15 is 0 Å². The molecule has 7 heteroatoms. The lowest BCUT2D eigenvalue weighted by Gasteiger charge is -2.14.